The second kappa shape index (κ2) is 5.89. The monoisotopic (exact) mass is 251 g/mol. The molecule has 0 unspecified atom stereocenters. The summed E-state index contributed by atoms with van der Waals surface area (Å²) in [5.41, 5.74) is 7.13. The number of hydrogen-bond acceptors (Lipinski definition) is 2. The van der Waals surface area contributed by atoms with Gasteiger partial charge in [0.1, 0.15) is 5.75 Å². The van der Waals surface area contributed by atoms with Gasteiger partial charge in [-0.05, 0) is 30.7 Å². The molecule has 0 fully saturated rings. The van der Waals surface area contributed by atoms with Crippen LogP contribution < -0.4 is 10.5 Å². The zero-order valence-electron chi connectivity index (χ0n) is 10.1. The molecule has 2 N–H and O–H groups in total. The molecule has 2 aromatic carbocycles. The minimum Gasteiger partial charge on any atom is -0.494 e. The van der Waals surface area contributed by atoms with E-state index in [0.29, 0.717) is 6.61 Å². The van der Waals surface area contributed by atoms with Gasteiger partial charge in [0, 0.05) is 11.6 Å². The van der Waals surface area contributed by atoms with Crippen LogP contribution in [0.2, 0.25) is 0 Å². The lowest BCUT2D eigenvalue weighted by Gasteiger charge is -2.15. The van der Waals surface area contributed by atoms with Crippen LogP contribution in [0.15, 0.2) is 36.4 Å². The second-order valence-electron chi connectivity index (χ2n) is 3.92. The van der Waals surface area contributed by atoms with Crippen LogP contribution in [0.25, 0.3) is 10.8 Å². The van der Waals surface area contributed by atoms with Gasteiger partial charge in [0.15, 0.2) is 0 Å². The third kappa shape index (κ3) is 2.71. The molecule has 2 nitrogen and oxygen atoms in total. The molecule has 0 radical (unpaired) electrons. The maximum atomic E-state index is 6.03. The largest absolute Gasteiger partial charge is 0.494 e. The molecule has 2 rings (SSSR count). The van der Waals surface area contributed by atoms with Crippen molar-refractivity contribution in [1.29, 1.82) is 0 Å². The molecule has 2 aromatic rings. The number of nitrogens with two attached hydrogens (primary N) is 1. The topological polar surface area (TPSA) is 35.2 Å². The third-order valence-electron chi connectivity index (χ3n) is 2.69. The molecule has 17 heavy (non-hydrogen) atoms. The van der Waals surface area contributed by atoms with E-state index < -0.39 is 0 Å². The van der Waals surface area contributed by atoms with Gasteiger partial charge in [0.2, 0.25) is 0 Å². The second-order valence-corrected chi connectivity index (χ2v) is 3.92. The fourth-order valence-electron chi connectivity index (χ4n) is 2.03. The maximum Gasteiger partial charge on any atom is 0.124 e. The minimum absolute atomic E-state index is 0. The van der Waals surface area contributed by atoms with Crippen LogP contribution in [0.1, 0.15) is 25.5 Å². The van der Waals surface area contributed by atoms with E-state index in [2.05, 4.69) is 18.2 Å². The van der Waals surface area contributed by atoms with Crippen molar-refractivity contribution >= 4 is 23.2 Å². The van der Waals surface area contributed by atoms with Crippen LogP contribution >= 0.6 is 12.4 Å². The van der Waals surface area contributed by atoms with Crippen LogP contribution in [-0.4, -0.2) is 6.61 Å². The summed E-state index contributed by atoms with van der Waals surface area (Å²) < 4.78 is 5.63. The number of benzene rings is 2. The number of fused-ring (bicyclic) bond motifs is 1. The summed E-state index contributed by atoms with van der Waals surface area (Å²) in [5, 5.41) is 2.39. The molecule has 0 aliphatic heterocycles. The fraction of sp³-hybridized carbons (Fsp3) is 0.286. The van der Waals surface area contributed by atoms with E-state index in [1.165, 1.54) is 10.8 Å². The van der Waals surface area contributed by atoms with E-state index in [1.54, 1.807) is 0 Å². The van der Waals surface area contributed by atoms with Crippen LogP contribution in [0.5, 0.6) is 5.75 Å². The number of ether oxygens (including phenoxy) is 1. The van der Waals surface area contributed by atoms with E-state index in [-0.39, 0.29) is 18.4 Å². The first-order chi connectivity index (χ1) is 7.74. The summed E-state index contributed by atoms with van der Waals surface area (Å²) in [6.45, 7) is 4.64. The first-order valence-electron chi connectivity index (χ1n) is 5.64. The first kappa shape index (κ1) is 13.8. The van der Waals surface area contributed by atoms with Gasteiger partial charge in [0.05, 0.1) is 6.61 Å². The highest BCUT2D eigenvalue weighted by Gasteiger charge is 2.11. The maximum absolute atomic E-state index is 6.03. The van der Waals surface area contributed by atoms with Gasteiger partial charge in [-0.15, -0.1) is 12.4 Å². The number of rotatable bonds is 3. The predicted molar refractivity (Wildman–Crippen MR) is 75.0 cm³/mol. The van der Waals surface area contributed by atoms with Gasteiger partial charge in [-0.2, -0.15) is 0 Å². The predicted octanol–water partition coefficient (Wildman–Crippen LogP) is 3.68. The van der Waals surface area contributed by atoms with Crippen LogP contribution in [-0.2, 0) is 0 Å². The highest BCUT2D eigenvalue weighted by atomic mass is 35.5. The fourth-order valence-corrected chi connectivity index (χ4v) is 2.03. The molecule has 0 bridgehead atoms. The molecule has 0 aliphatic carbocycles. The third-order valence-corrected chi connectivity index (χ3v) is 2.69. The Morgan fingerprint density at radius 1 is 1.18 bits per heavy atom. The van der Waals surface area contributed by atoms with E-state index in [1.807, 2.05) is 32.0 Å². The Morgan fingerprint density at radius 2 is 1.88 bits per heavy atom. The molecule has 0 saturated heterocycles. The number of hydrogen-bond donors (Lipinski definition) is 1. The van der Waals surface area contributed by atoms with E-state index >= 15 is 0 Å². The minimum atomic E-state index is -0.0207. The van der Waals surface area contributed by atoms with Crippen molar-refractivity contribution in [3.05, 3.63) is 42.0 Å². The lowest BCUT2D eigenvalue weighted by molar-refractivity contribution is 0.335. The molecule has 92 valence electrons. The highest BCUT2D eigenvalue weighted by Crippen LogP contribution is 2.31. The zero-order chi connectivity index (χ0) is 11.5. The molecule has 0 heterocycles. The highest BCUT2D eigenvalue weighted by molar-refractivity contribution is 5.88. The zero-order valence-corrected chi connectivity index (χ0v) is 11.0. The van der Waals surface area contributed by atoms with Gasteiger partial charge in [-0.1, -0.05) is 30.3 Å². The Balaban J connectivity index is 0.00000144. The van der Waals surface area contributed by atoms with Crippen molar-refractivity contribution in [1.82, 2.24) is 0 Å². The van der Waals surface area contributed by atoms with Crippen molar-refractivity contribution in [2.45, 2.75) is 19.9 Å². The molecule has 3 heteroatoms. The molecule has 1 atom stereocenters. The van der Waals surface area contributed by atoms with Gasteiger partial charge in [0.25, 0.3) is 0 Å². The molecule has 0 spiro atoms. The Bertz CT molecular complexity index is 497. The lowest BCUT2D eigenvalue weighted by atomic mass is 9.99. The van der Waals surface area contributed by atoms with E-state index in [0.717, 1.165) is 11.3 Å². The Labute approximate surface area is 108 Å². The van der Waals surface area contributed by atoms with Crippen LogP contribution in [0.3, 0.4) is 0 Å². The quantitative estimate of drug-likeness (QED) is 0.903. The van der Waals surface area contributed by atoms with Crippen molar-refractivity contribution in [3.63, 3.8) is 0 Å². The Morgan fingerprint density at radius 3 is 2.53 bits per heavy atom. The van der Waals surface area contributed by atoms with Gasteiger partial charge in [-0.3, -0.25) is 0 Å². The molecule has 0 saturated carbocycles. The van der Waals surface area contributed by atoms with E-state index in [9.17, 15) is 0 Å². The van der Waals surface area contributed by atoms with Crippen molar-refractivity contribution < 1.29 is 4.74 Å². The average molecular weight is 252 g/mol. The summed E-state index contributed by atoms with van der Waals surface area (Å²) in [6, 6.07) is 12.3. The average Bonchev–Trinajstić information content (AvgIpc) is 2.28. The standard InChI is InChI=1S/C14H17NO.ClH/c1-3-16-13-9-8-11-6-4-5-7-12(11)14(13)10(2)15;/h4-10H,3,15H2,1-2H3;1H/t10-;/m0./s1. The molecular formula is C14H18ClNO. The summed E-state index contributed by atoms with van der Waals surface area (Å²) >= 11 is 0. The summed E-state index contributed by atoms with van der Waals surface area (Å²) in [4.78, 5) is 0. The van der Waals surface area contributed by atoms with Crippen molar-refractivity contribution in [2.75, 3.05) is 6.61 Å². The van der Waals surface area contributed by atoms with Gasteiger partial charge < -0.3 is 10.5 Å². The van der Waals surface area contributed by atoms with E-state index in [4.69, 9.17) is 10.5 Å². The smallest absolute Gasteiger partial charge is 0.124 e. The SMILES string of the molecule is CCOc1ccc2ccccc2c1[C@H](C)N.Cl. The van der Waals surface area contributed by atoms with Crippen molar-refractivity contribution in [3.8, 4) is 5.75 Å². The van der Waals surface area contributed by atoms with Crippen molar-refractivity contribution in [2.24, 2.45) is 5.73 Å². The Hall–Kier alpha value is -1.25. The first-order valence-corrected chi connectivity index (χ1v) is 5.64. The normalized spacial score (nSPS) is 11.9. The molecule has 0 amide bonds. The summed E-state index contributed by atoms with van der Waals surface area (Å²) in [5.74, 6) is 0.899. The van der Waals surface area contributed by atoms with Crippen LogP contribution in [0, 0.1) is 0 Å². The molecule has 0 aromatic heterocycles. The Kier molecular flexibility index (Phi) is 4.79. The summed E-state index contributed by atoms with van der Waals surface area (Å²) in [6.07, 6.45) is 0. The molecular weight excluding hydrogens is 234 g/mol. The summed E-state index contributed by atoms with van der Waals surface area (Å²) in [7, 11) is 0. The van der Waals surface area contributed by atoms with Gasteiger partial charge in [-0.25, -0.2) is 0 Å². The molecule has 0 aliphatic rings. The number of halogens is 1. The van der Waals surface area contributed by atoms with Gasteiger partial charge >= 0.3 is 0 Å². The van der Waals surface area contributed by atoms with Crippen LogP contribution in [0.4, 0.5) is 0 Å². The lowest BCUT2D eigenvalue weighted by Crippen LogP contribution is -2.08.